The number of hydrogen-bond acceptors (Lipinski definition) is 8. The molecule has 0 aromatic carbocycles. The summed E-state index contributed by atoms with van der Waals surface area (Å²) in [6, 6.07) is 0. The molecule has 0 rings (SSSR count). The van der Waals surface area contributed by atoms with Gasteiger partial charge >= 0.3 is 11.9 Å². The Morgan fingerprint density at radius 2 is 1.04 bits per heavy atom. The molecule has 0 saturated heterocycles. The molecular weight excluding hydrogens is 388 g/mol. The smallest absolute Gasteiger partial charge is 0.306 e. The maximum atomic E-state index is 11.5. The molecule has 0 radical (unpaired) electrons. The van der Waals surface area contributed by atoms with Gasteiger partial charge in [0.2, 0.25) is 20.0 Å². The van der Waals surface area contributed by atoms with Crippen LogP contribution in [0.25, 0.3) is 0 Å². The van der Waals surface area contributed by atoms with Gasteiger partial charge in [-0.2, -0.15) is 0 Å². The Balaban J connectivity index is 4.34. The summed E-state index contributed by atoms with van der Waals surface area (Å²) in [5.41, 5.74) is 0. The summed E-state index contributed by atoms with van der Waals surface area (Å²) in [6.07, 6.45) is 2.02. The molecule has 2 unspecified atom stereocenters. The van der Waals surface area contributed by atoms with Crippen LogP contribution in [0.5, 0.6) is 0 Å². The minimum atomic E-state index is -3.86. The van der Waals surface area contributed by atoms with Crippen molar-refractivity contribution in [3.63, 3.8) is 0 Å². The molecule has 26 heavy (non-hydrogen) atoms. The maximum absolute atomic E-state index is 11.5. The Bertz CT molecular complexity index is 602. The fraction of sp³-hybridized carbons (Fsp3) is 0.857. The lowest BCUT2D eigenvalue weighted by molar-refractivity contribution is -0.141. The van der Waals surface area contributed by atoms with Crippen LogP contribution in [-0.2, 0) is 39.1 Å². The summed E-state index contributed by atoms with van der Waals surface area (Å²) >= 11 is 0. The lowest BCUT2D eigenvalue weighted by Crippen LogP contribution is -2.31. The fourth-order valence-electron chi connectivity index (χ4n) is 2.40. The molecule has 154 valence electrons. The standard InChI is InChI=1S/C14H28N2O8S2/c1-23-13(17)9-11(25(15,19)20)7-5-3-4-6-8-12(26(16,21)22)10-14(18)24-2/h11-12H,3-10H2,1-2H3,(H2,15,19,20)(H2,16,21,22). The number of ether oxygens (including phenoxy) is 2. The van der Waals surface area contributed by atoms with Crippen molar-refractivity contribution in [1.29, 1.82) is 0 Å². The molecule has 0 bridgehead atoms. The molecule has 0 heterocycles. The van der Waals surface area contributed by atoms with Gasteiger partial charge in [0.1, 0.15) is 0 Å². The molecule has 0 amide bonds. The van der Waals surface area contributed by atoms with E-state index in [-0.39, 0.29) is 25.7 Å². The highest BCUT2D eigenvalue weighted by Gasteiger charge is 2.26. The van der Waals surface area contributed by atoms with E-state index in [0.717, 1.165) is 0 Å². The number of carbonyl (C=O) groups excluding carboxylic acids is 2. The van der Waals surface area contributed by atoms with Crippen molar-refractivity contribution in [3.05, 3.63) is 0 Å². The Morgan fingerprint density at radius 3 is 1.27 bits per heavy atom. The number of hydrogen-bond donors (Lipinski definition) is 2. The van der Waals surface area contributed by atoms with Gasteiger partial charge in [-0.1, -0.05) is 25.7 Å². The second-order valence-electron chi connectivity index (χ2n) is 5.97. The van der Waals surface area contributed by atoms with E-state index in [4.69, 9.17) is 10.3 Å². The molecule has 4 N–H and O–H groups in total. The Hall–Kier alpha value is -1.24. The predicted molar refractivity (Wildman–Crippen MR) is 94.8 cm³/mol. The van der Waals surface area contributed by atoms with Gasteiger partial charge in [0.15, 0.2) is 0 Å². The topological polar surface area (TPSA) is 173 Å². The molecule has 0 aliphatic rings. The zero-order valence-corrected chi connectivity index (χ0v) is 16.7. The molecule has 0 spiro atoms. The summed E-state index contributed by atoms with van der Waals surface area (Å²) in [5.74, 6) is -1.30. The summed E-state index contributed by atoms with van der Waals surface area (Å²) in [6.45, 7) is 0. The fourth-order valence-corrected chi connectivity index (χ4v) is 4.13. The van der Waals surface area contributed by atoms with Crippen molar-refractivity contribution in [2.45, 2.75) is 61.9 Å². The third-order valence-electron chi connectivity index (χ3n) is 3.98. The van der Waals surface area contributed by atoms with Crippen LogP contribution in [0, 0.1) is 0 Å². The second-order valence-corrected chi connectivity index (χ2v) is 9.66. The van der Waals surface area contributed by atoms with Gasteiger partial charge in [0, 0.05) is 0 Å². The van der Waals surface area contributed by atoms with Crippen molar-refractivity contribution >= 4 is 32.0 Å². The normalized spacial score (nSPS) is 14.5. The first kappa shape index (κ1) is 24.8. The lowest BCUT2D eigenvalue weighted by Gasteiger charge is -2.14. The van der Waals surface area contributed by atoms with Crippen LogP contribution in [0.3, 0.4) is 0 Å². The van der Waals surface area contributed by atoms with E-state index in [1.165, 1.54) is 14.2 Å². The number of primary sulfonamides is 2. The van der Waals surface area contributed by atoms with Crippen molar-refractivity contribution in [3.8, 4) is 0 Å². The quantitative estimate of drug-likeness (QED) is 0.306. The first-order valence-corrected chi connectivity index (χ1v) is 11.3. The van der Waals surface area contributed by atoms with Crippen molar-refractivity contribution in [2.75, 3.05) is 14.2 Å². The van der Waals surface area contributed by atoms with E-state index in [1.54, 1.807) is 0 Å². The van der Waals surface area contributed by atoms with E-state index in [2.05, 4.69) is 9.47 Å². The van der Waals surface area contributed by atoms with Gasteiger partial charge in [-0.15, -0.1) is 0 Å². The molecule has 0 aromatic heterocycles. The van der Waals surface area contributed by atoms with Crippen LogP contribution in [0.1, 0.15) is 51.4 Å². The molecule has 12 heteroatoms. The molecule has 0 saturated carbocycles. The summed E-state index contributed by atoms with van der Waals surface area (Å²) in [4.78, 5) is 22.5. The van der Waals surface area contributed by atoms with Crippen molar-refractivity contribution < 1.29 is 35.9 Å². The van der Waals surface area contributed by atoms with Crippen LogP contribution in [0.15, 0.2) is 0 Å². The number of unbranched alkanes of at least 4 members (excludes halogenated alkanes) is 3. The minimum Gasteiger partial charge on any atom is -0.469 e. The second kappa shape index (κ2) is 11.5. The van der Waals surface area contributed by atoms with E-state index in [1.807, 2.05) is 0 Å². The highest BCUT2D eigenvalue weighted by Crippen LogP contribution is 2.17. The third-order valence-corrected chi connectivity index (χ3v) is 6.64. The van der Waals surface area contributed by atoms with Crippen LogP contribution in [0.2, 0.25) is 0 Å². The Labute approximate surface area is 154 Å². The average Bonchev–Trinajstić information content (AvgIpc) is 2.52. The van der Waals surface area contributed by atoms with Crippen LogP contribution < -0.4 is 10.3 Å². The van der Waals surface area contributed by atoms with Gasteiger partial charge in [-0.3, -0.25) is 9.59 Å². The number of esters is 2. The highest BCUT2D eigenvalue weighted by atomic mass is 32.2. The van der Waals surface area contributed by atoms with Crippen LogP contribution in [0.4, 0.5) is 0 Å². The van der Waals surface area contributed by atoms with Gasteiger partial charge in [-0.05, 0) is 12.8 Å². The van der Waals surface area contributed by atoms with Gasteiger partial charge < -0.3 is 9.47 Å². The first-order valence-electron chi connectivity index (χ1n) is 8.08. The third kappa shape index (κ3) is 10.7. The molecule has 10 nitrogen and oxygen atoms in total. The van der Waals surface area contributed by atoms with Gasteiger partial charge in [0.05, 0.1) is 37.6 Å². The van der Waals surface area contributed by atoms with Crippen LogP contribution in [-0.4, -0.2) is 53.5 Å². The molecule has 0 aliphatic carbocycles. The summed E-state index contributed by atoms with van der Waals surface area (Å²) in [5, 5.41) is 8.21. The van der Waals surface area contributed by atoms with Crippen molar-refractivity contribution in [2.24, 2.45) is 10.3 Å². The molecule has 0 aliphatic heterocycles. The largest absolute Gasteiger partial charge is 0.469 e. The van der Waals surface area contributed by atoms with Crippen molar-refractivity contribution in [1.82, 2.24) is 0 Å². The zero-order chi connectivity index (χ0) is 20.4. The number of methoxy groups -OCH3 is 2. The predicted octanol–water partition coefficient (Wildman–Crippen LogP) is -0.233. The molecule has 0 fully saturated rings. The maximum Gasteiger partial charge on any atom is 0.306 e. The van der Waals surface area contributed by atoms with Gasteiger partial charge in [0.25, 0.3) is 0 Å². The average molecular weight is 417 g/mol. The number of sulfonamides is 2. The highest BCUT2D eigenvalue weighted by molar-refractivity contribution is 7.90. The molecular formula is C14H28N2O8S2. The van der Waals surface area contributed by atoms with E-state index >= 15 is 0 Å². The summed E-state index contributed by atoms with van der Waals surface area (Å²) in [7, 11) is -5.39. The lowest BCUT2D eigenvalue weighted by atomic mass is 10.1. The Kier molecular flexibility index (Phi) is 10.9. The zero-order valence-electron chi connectivity index (χ0n) is 15.0. The first-order chi connectivity index (χ1) is 11.9. The molecule has 0 aromatic rings. The SMILES string of the molecule is COC(=O)CC(CCCCCCC(CC(=O)OC)S(N)(=O)=O)S(N)(=O)=O. The van der Waals surface area contributed by atoms with E-state index in [0.29, 0.717) is 25.7 Å². The minimum absolute atomic E-state index is 0.203. The Morgan fingerprint density at radius 1 is 0.731 bits per heavy atom. The molecule has 2 atom stereocenters. The number of carbonyl (C=O) groups is 2. The number of nitrogens with two attached hydrogens (primary N) is 2. The number of rotatable bonds is 13. The van der Waals surface area contributed by atoms with Gasteiger partial charge in [-0.25, -0.2) is 27.1 Å². The monoisotopic (exact) mass is 416 g/mol. The van der Waals surface area contributed by atoms with E-state index in [9.17, 15) is 26.4 Å². The summed E-state index contributed by atoms with van der Waals surface area (Å²) < 4.78 is 54.8. The van der Waals surface area contributed by atoms with Crippen LogP contribution >= 0.6 is 0 Å². The van der Waals surface area contributed by atoms with E-state index < -0.39 is 42.5 Å².